The molecule has 0 bridgehead atoms. The average molecular weight is 525 g/mol. The van der Waals surface area contributed by atoms with Crippen molar-refractivity contribution in [3.63, 3.8) is 0 Å². The van der Waals surface area contributed by atoms with Crippen molar-refractivity contribution >= 4 is 32.6 Å². The molecular formula is C37H24N4. The summed E-state index contributed by atoms with van der Waals surface area (Å²) < 4.78 is 2.40. The minimum atomic E-state index is 0.938. The second-order valence-corrected chi connectivity index (χ2v) is 10.2. The Hall–Kier alpha value is -5.61. The predicted molar refractivity (Wildman–Crippen MR) is 168 cm³/mol. The molecule has 0 atom stereocenters. The Morgan fingerprint density at radius 3 is 1.85 bits per heavy atom. The van der Waals surface area contributed by atoms with Crippen LogP contribution in [-0.2, 0) is 0 Å². The van der Waals surface area contributed by atoms with Gasteiger partial charge in [0.1, 0.15) is 0 Å². The lowest BCUT2D eigenvalue weighted by atomic mass is 9.99. The molecule has 0 saturated carbocycles. The fourth-order valence-corrected chi connectivity index (χ4v) is 5.84. The van der Waals surface area contributed by atoms with Crippen molar-refractivity contribution in [2.24, 2.45) is 0 Å². The zero-order valence-corrected chi connectivity index (χ0v) is 22.1. The fourth-order valence-electron chi connectivity index (χ4n) is 5.84. The van der Waals surface area contributed by atoms with Gasteiger partial charge in [0, 0.05) is 64.0 Å². The maximum atomic E-state index is 4.76. The van der Waals surface area contributed by atoms with Crippen LogP contribution in [0.5, 0.6) is 0 Å². The number of aromatic nitrogens is 4. The number of benzene rings is 4. The molecule has 8 aromatic rings. The Morgan fingerprint density at radius 2 is 1.12 bits per heavy atom. The van der Waals surface area contributed by atoms with Crippen molar-refractivity contribution in [3.05, 3.63) is 146 Å². The number of para-hydroxylation sites is 1. The van der Waals surface area contributed by atoms with Gasteiger partial charge in [-0.2, -0.15) is 0 Å². The summed E-state index contributed by atoms with van der Waals surface area (Å²) in [7, 11) is 0. The summed E-state index contributed by atoms with van der Waals surface area (Å²) in [5.41, 5.74) is 10.1. The van der Waals surface area contributed by atoms with Gasteiger partial charge in [0.05, 0.1) is 16.7 Å². The SMILES string of the molecule is c1ccc(-n2c3cc(-c4ccc(-c5ccncc5)nc4)ccc3c3ccc4cc(-c5ccncc5)ccc4c32)cc1. The van der Waals surface area contributed by atoms with Crippen LogP contribution in [0.1, 0.15) is 0 Å². The lowest BCUT2D eigenvalue weighted by Gasteiger charge is -2.11. The molecule has 4 heteroatoms. The number of pyridine rings is 3. The van der Waals surface area contributed by atoms with E-state index in [4.69, 9.17) is 4.98 Å². The molecule has 0 aliphatic heterocycles. The molecule has 0 amide bonds. The maximum Gasteiger partial charge on any atom is 0.0703 e. The van der Waals surface area contributed by atoms with E-state index in [-0.39, 0.29) is 0 Å². The second-order valence-electron chi connectivity index (χ2n) is 10.2. The Kier molecular flexibility index (Phi) is 5.42. The minimum absolute atomic E-state index is 0.938. The van der Waals surface area contributed by atoms with Crippen molar-refractivity contribution in [3.8, 4) is 39.2 Å². The van der Waals surface area contributed by atoms with E-state index in [1.165, 1.54) is 43.7 Å². The van der Waals surface area contributed by atoms with E-state index in [1.54, 1.807) is 12.4 Å². The van der Waals surface area contributed by atoms with E-state index < -0.39 is 0 Å². The molecule has 8 rings (SSSR count). The Bertz CT molecular complexity index is 2170. The molecule has 0 spiro atoms. The fraction of sp³-hybridized carbons (Fsp3) is 0. The molecule has 192 valence electrons. The molecule has 0 unspecified atom stereocenters. The third-order valence-corrected chi connectivity index (χ3v) is 7.84. The van der Waals surface area contributed by atoms with E-state index in [9.17, 15) is 0 Å². The smallest absolute Gasteiger partial charge is 0.0703 e. The van der Waals surface area contributed by atoms with Crippen LogP contribution in [-0.4, -0.2) is 19.5 Å². The average Bonchev–Trinajstić information content (AvgIpc) is 3.40. The number of hydrogen-bond acceptors (Lipinski definition) is 3. The number of hydrogen-bond donors (Lipinski definition) is 0. The van der Waals surface area contributed by atoms with Crippen molar-refractivity contribution in [2.45, 2.75) is 0 Å². The first-order valence-electron chi connectivity index (χ1n) is 13.7. The van der Waals surface area contributed by atoms with Crippen LogP contribution in [0.25, 0.3) is 71.8 Å². The monoisotopic (exact) mass is 524 g/mol. The first kappa shape index (κ1) is 23.3. The highest BCUT2D eigenvalue weighted by Crippen LogP contribution is 2.39. The van der Waals surface area contributed by atoms with Crippen molar-refractivity contribution in [1.29, 1.82) is 0 Å². The summed E-state index contributed by atoms with van der Waals surface area (Å²) in [6.07, 6.45) is 9.24. The van der Waals surface area contributed by atoms with E-state index in [0.717, 1.165) is 28.1 Å². The van der Waals surface area contributed by atoms with Crippen LogP contribution in [0, 0.1) is 0 Å². The Balaban J connectivity index is 1.34. The van der Waals surface area contributed by atoms with Crippen LogP contribution < -0.4 is 0 Å². The van der Waals surface area contributed by atoms with Gasteiger partial charge in [-0.25, -0.2) is 0 Å². The molecule has 41 heavy (non-hydrogen) atoms. The van der Waals surface area contributed by atoms with Gasteiger partial charge in [-0.15, -0.1) is 0 Å². The van der Waals surface area contributed by atoms with E-state index in [2.05, 4.69) is 118 Å². The Labute approximate surface area is 237 Å². The number of nitrogens with zero attached hydrogens (tertiary/aromatic N) is 4. The van der Waals surface area contributed by atoms with Crippen molar-refractivity contribution in [1.82, 2.24) is 19.5 Å². The summed E-state index contributed by atoms with van der Waals surface area (Å²) in [5.74, 6) is 0. The van der Waals surface area contributed by atoms with Crippen LogP contribution in [0.4, 0.5) is 0 Å². The van der Waals surface area contributed by atoms with Gasteiger partial charge in [-0.05, 0) is 76.7 Å². The summed E-state index contributed by atoms with van der Waals surface area (Å²) in [6.45, 7) is 0. The van der Waals surface area contributed by atoms with Crippen molar-refractivity contribution in [2.75, 3.05) is 0 Å². The molecule has 0 N–H and O–H groups in total. The zero-order chi connectivity index (χ0) is 27.2. The first-order chi connectivity index (χ1) is 20.3. The summed E-state index contributed by atoms with van der Waals surface area (Å²) >= 11 is 0. The topological polar surface area (TPSA) is 43.6 Å². The maximum absolute atomic E-state index is 4.76. The summed E-state index contributed by atoms with van der Waals surface area (Å²) in [4.78, 5) is 13.1. The number of fused-ring (bicyclic) bond motifs is 5. The van der Waals surface area contributed by atoms with Crippen molar-refractivity contribution < 1.29 is 0 Å². The van der Waals surface area contributed by atoms with Gasteiger partial charge in [0.25, 0.3) is 0 Å². The van der Waals surface area contributed by atoms with Crippen LogP contribution in [0.2, 0.25) is 0 Å². The molecule has 4 nitrogen and oxygen atoms in total. The molecule has 0 fully saturated rings. The second kappa shape index (κ2) is 9.54. The highest BCUT2D eigenvalue weighted by molar-refractivity contribution is 6.19. The molecule has 0 saturated heterocycles. The Morgan fingerprint density at radius 1 is 0.463 bits per heavy atom. The summed E-state index contributed by atoms with van der Waals surface area (Å²) in [6, 6.07) is 40.9. The normalized spacial score (nSPS) is 11.4. The zero-order valence-electron chi connectivity index (χ0n) is 22.1. The molecule has 0 aliphatic rings. The predicted octanol–water partition coefficient (Wildman–Crippen LogP) is 9.12. The van der Waals surface area contributed by atoms with Gasteiger partial charge < -0.3 is 4.57 Å². The molecule has 0 aliphatic carbocycles. The third-order valence-electron chi connectivity index (χ3n) is 7.84. The lowest BCUT2D eigenvalue weighted by Crippen LogP contribution is -1.94. The molecule has 4 heterocycles. The standard InChI is InChI=1S/C37H24N4/c1-2-4-31(5-3-1)41-36-23-28(30-9-13-35(40-24-30)26-16-20-39-21-17-26)7-11-33(36)34-12-8-29-22-27(6-10-32(29)37(34)41)25-14-18-38-19-15-25/h1-24H. The van der Waals surface area contributed by atoms with Crippen LogP contribution >= 0.6 is 0 Å². The van der Waals surface area contributed by atoms with Crippen LogP contribution in [0.15, 0.2) is 146 Å². The van der Waals surface area contributed by atoms with Crippen LogP contribution in [0.3, 0.4) is 0 Å². The molecule has 0 radical (unpaired) electrons. The highest BCUT2D eigenvalue weighted by Gasteiger charge is 2.16. The van der Waals surface area contributed by atoms with E-state index in [1.807, 2.05) is 30.7 Å². The van der Waals surface area contributed by atoms with E-state index >= 15 is 0 Å². The third kappa shape index (κ3) is 3.97. The van der Waals surface area contributed by atoms with Gasteiger partial charge in [0.2, 0.25) is 0 Å². The van der Waals surface area contributed by atoms with Gasteiger partial charge in [-0.3, -0.25) is 15.0 Å². The first-order valence-corrected chi connectivity index (χ1v) is 13.7. The van der Waals surface area contributed by atoms with E-state index in [0.29, 0.717) is 0 Å². The minimum Gasteiger partial charge on any atom is -0.309 e. The number of rotatable bonds is 4. The van der Waals surface area contributed by atoms with Gasteiger partial charge in [-0.1, -0.05) is 60.7 Å². The highest BCUT2D eigenvalue weighted by atomic mass is 15.0. The largest absolute Gasteiger partial charge is 0.309 e. The quantitative estimate of drug-likeness (QED) is 0.231. The lowest BCUT2D eigenvalue weighted by molar-refractivity contribution is 1.19. The molecular weight excluding hydrogens is 500 g/mol. The molecule has 4 aromatic heterocycles. The summed E-state index contributed by atoms with van der Waals surface area (Å²) in [5, 5.41) is 4.91. The molecule has 4 aromatic carbocycles. The van der Waals surface area contributed by atoms with Gasteiger partial charge >= 0.3 is 0 Å². The van der Waals surface area contributed by atoms with Gasteiger partial charge in [0.15, 0.2) is 0 Å².